The fourth-order valence-corrected chi connectivity index (χ4v) is 1.84. The highest BCUT2D eigenvalue weighted by Crippen LogP contribution is 2.30. The molecule has 0 aliphatic rings. The van der Waals surface area contributed by atoms with Crippen LogP contribution in [0.25, 0.3) is 0 Å². The summed E-state index contributed by atoms with van der Waals surface area (Å²) in [7, 11) is 3.19. The van der Waals surface area contributed by atoms with Crippen LogP contribution in [0.15, 0.2) is 42.5 Å². The molecule has 0 saturated carbocycles. The standard InChI is InChI=1S/C15H17N3O2/c1-17-15(19)10-7-8-11(16)13(9-10)18-12-5-3-4-6-14(12)20-2/h3-9,18H,16H2,1-2H3,(H,17,19). The van der Waals surface area contributed by atoms with Crippen LogP contribution in [-0.2, 0) is 0 Å². The van der Waals surface area contributed by atoms with E-state index in [1.165, 1.54) is 0 Å². The first-order chi connectivity index (χ1) is 9.65. The van der Waals surface area contributed by atoms with Gasteiger partial charge in [-0.15, -0.1) is 0 Å². The first-order valence-electron chi connectivity index (χ1n) is 6.17. The molecule has 2 rings (SSSR count). The smallest absolute Gasteiger partial charge is 0.251 e. The third-order valence-corrected chi connectivity index (χ3v) is 2.92. The second-order valence-electron chi connectivity index (χ2n) is 4.21. The number of nitrogens with one attached hydrogen (secondary N) is 2. The lowest BCUT2D eigenvalue weighted by molar-refractivity contribution is 0.0963. The lowest BCUT2D eigenvalue weighted by Gasteiger charge is -2.13. The second kappa shape index (κ2) is 5.97. The van der Waals surface area contributed by atoms with Crippen LogP contribution in [0, 0.1) is 0 Å². The normalized spacial score (nSPS) is 9.90. The number of ether oxygens (including phenoxy) is 1. The summed E-state index contributed by atoms with van der Waals surface area (Å²) in [5.74, 6) is 0.547. The lowest BCUT2D eigenvalue weighted by Crippen LogP contribution is -2.18. The number of rotatable bonds is 4. The van der Waals surface area contributed by atoms with E-state index in [1.54, 1.807) is 32.4 Å². The molecule has 5 heteroatoms. The van der Waals surface area contributed by atoms with Crippen molar-refractivity contribution in [1.29, 1.82) is 0 Å². The Kier molecular flexibility index (Phi) is 4.10. The highest BCUT2D eigenvalue weighted by atomic mass is 16.5. The van der Waals surface area contributed by atoms with Gasteiger partial charge in [-0.25, -0.2) is 0 Å². The van der Waals surface area contributed by atoms with E-state index in [0.29, 0.717) is 22.7 Å². The van der Waals surface area contributed by atoms with Crippen molar-refractivity contribution in [2.45, 2.75) is 0 Å². The average molecular weight is 271 g/mol. The van der Waals surface area contributed by atoms with Gasteiger partial charge in [0.1, 0.15) is 5.75 Å². The number of carbonyl (C=O) groups is 1. The molecule has 4 N–H and O–H groups in total. The molecule has 0 aromatic heterocycles. The van der Waals surface area contributed by atoms with E-state index in [2.05, 4.69) is 10.6 Å². The second-order valence-corrected chi connectivity index (χ2v) is 4.21. The van der Waals surface area contributed by atoms with Crippen LogP contribution < -0.4 is 21.1 Å². The highest BCUT2D eigenvalue weighted by molar-refractivity contribution is 5.96. The number of hydrogen-bond acceptors (Lipinski definition) is 4. The predicted octanol–water partition coefficient (Wildman–Crippen LogP) is 2.38. The summed E-state index contributed by atoms with van der Waals surface area (Å²) < 4.78 is 5.27. The summed E-state index contributed by atoms with van der Waals surface area (Å²) >= 11 is 0. The van der Waals surface area contributed by atoms with Crippen molar-refractivity contribution in [2.75, 3.05) is 25.2 Å². The van der Waals surface area contributed by atoms with E-state index in [0.717, 1.165) is 5.69 Å². The third-order valence-electron chi connectivity index (χ3n) is 2.92. The van der Waals surface area contributed by atoms with E-state index < -0.39 is 0 Å². The minimum Gasteiger partial charge on any atom is -0.495 e. The van der Waals surface area contributed by atoms with Gasteiger partial charge in [0.15, 0.2) is 0 Å². The van der Waals surface area contributed by atoms with Crippen molar-refractivity contribution in [1.82, 2.24) is 5.32 Å². The number of benzene rings is 2. The largest absolute Gasteiger partial charge is 0.495 e. The number of anilines is 3. The zero-order chi connectivity index (χ0) is 14.5. The topological polar surface area (TPSA) is 76.4 Å². The molecular weight excluding hydrogens is 254 g/mol. The summed E-state index contributed by atoms with van der Waals surface area (Å²) in [4.78, 5) is 11.6. The van der Waals surface area contributed by atoms with Gasteiger partial charge < -0.3 is 21.1 Å². The molecule has 0 aliphatic carbocycles. The molecular formula is C15H17N3O2. The van der Waals surface area contributed by atoms with E-state index >= 15 is 0 Å². The molecule has 0 aliphatic heterocycles. The van der Waals surface area contributed by atoms with E-state index in [9.17, 15) is 4.79 Å². The van der Waals surface area contributed by atoms with Crippen LogP contribution in [-0.4, -0.2) is 20.1 Å². The summed E-state index contributed by atoms with van der Waals surface area (Å²) in [6, 6.07) is 12.6. The first-order valence-corrected chi connectivity index (χ1v) is 6.17. The quantitative estimate of drug-likeness (QED) is 0.746. The van der Waals surface area contributed by atoms with Gasteiger partial charge in [0, 0.05) is 12.6 Å². The Hall–Kier alpha value is -2.69. The third kappa shape index (κ3) is 2.83. The molecule has 2 aromatic carbocycles. The molecule has 1 amide bonds. The molecule has 0 saturated heterocycles. The summed E-state index contributed by atoms with van der Waals surface area (Å²) in [5.41, 5.74) is 8.49. The molecule has 0 heterocycles. The number of hydrogen-bond donors (Lipinski definition) is 3. The fraction of sp³-hybridized carbons (Fsp3) is 0.133. The van der Waals surface area contributed by atoms with Gasteiger partial charge >= 0.3 is 0 Å². The Morgan fingerprint density at radius 3 is 2.60 bits per heavy atom. The Labute approximate surface area is 117 Å². The van der Waals surface area contributed by atoms with Crippen LogP contribution in [0.2, 0.25) is 0 Å². The minimum absolute atomic E-state index is 0.159. The Morgan fingerprint density at radius 2 is 1.90 bits per heavy atom. The number of methoxy groups -OCH3 is 1. The lowest BCUT2D eigenvalue weighted by atomic mass is 10.1. The molecule has 0 radical (unpaired) electrons. The zero-order valence-electron chi connectivity index (χ0n) is 11.4. The summed E-state index contributed by atoms with van der Waals surface area (Å²) in [5, 5.41) is 5.76. The molecule has 0 fully saturated rings. The van der Waals surface area contributed by atoms with Crippen LogP contribution in [0.4, 0.5) is 17.1 Å². The van der Waals surface area contributed by atoms with Gasteiger partial charge in [-0.2, -0.15) is 0 Å². The SMILES string of the molecule is CNC(=O)c1ccc(N)c(Nc2ccccc2OC)c1. The molecule has 0 unspecified atom stereocenters. The van der Waals surface area contributed by atoms with Crippen molar-refractivity contribution in [2.24, 2.45) is 0 Å². The van der Waals surface area contributed by atoms with Gasteiger partial charge in [0.25, 0.3) is 5.91 Å². The zero-order valence-corrected chi connectivity index (χ0v) is 11.4. The van der Waals surface area contributed by atoms with Gasteiger partial charge in [-0.3, -0.25) is 4.79 Å². The molecule has 20 heavy (non-hydrogen) atoms. The summed E-state index contributed by atoms with van der Waals surface area (Å²) in [6.45, 7) is 0. The number of nitrogen functional groups attached to an aromatic ring is 1. The van der Waals surface area contributed by atoms with Crippen molar-refractivity contribution in [3.05, 3.63) is 48.0 Å². The van der Waals surface area contributed by atoms with Gasteiger partial charge in [-0.05, 0) is 30.3 Å². The molecule has 0 atom stereocenters. The van der Waals surface area contributed by atoms with Crippen LogP contribution in [0.3, 0.4) is 0 Å². The van der Waals surface area contributed by atoms with Crippen molar-refractivity contribution >= 4 is 23.0 Å². The van der Waals surface area contributed by atoms with E-state index in [4.69, 9.17) is 10.5 Å². The van der Waals surface area contributed by atoms with Crippen molar-refractivity contribution in [3.8, 4) is 5.75 Å². The van der Waals surface area contributed by atoms with Gasteiger partial charge in [0.2, 0.25) is 0 Å². The maximum atomic E-state index is 11.6. The van der Waals surface area contributed by atoms with Crippen molar-refractivity contribution < 1.29 is 9.53 Å². The molecule has 2 aromatic rings. The molecule has 0 bridgehead atoms. The maximum Gasteiger partial charge on any atom is 0.251 e. The van der Waals surface area contributed by atoms with Gasteiger partial charge in [-0.1, -0.05) is 12.1 Å². The van der Waals surface area contributed by atoms with E-state index in [-0.39, 0.29) is 5.91 Å². The molecule has 5 nitrogen and oxygen atoms in total. The molecule has 0 spiro atoms. The van der Waals surface area contributed by atoms with Crippen LogP contribution in [0.5, 0.6) is 5.75 Å². The molecule has 104 valence electrons. The van der Waals surface area contributed by atoms with Crippen molar-refractivity contribution in [3.63, 3.8) is 0 Å². The van der Waals surface area contributed by atoms with Crippen LogP contribution in [0.1, 0.15) is 10.4 Å². The Bertz CT molecular complexity index is 626. The summed E-state index contributed by atoms with van der Waals surface area (Å²) in [6.07, 6.45) is 0. The maximum absolute atomic E-state index is 11.6. The average Bonchev–Trinajstić information content (AvgIpc) is 2.49. The minimum atomic E-state index is -0.159. The van der Waals surface area contributed by atoms with Gasteiger partial charge in [0.05, 0.1) is 24.2 Å². The number of para-hydroxylation sites is 2. The Morgan fingerprint density at radius 1 is 1.15 bits per heavy atom. The van der Waals surface area contributed by atoms with E-state index in [1.807, 2.05) is 24.3 Å². The predicted molar refractivity (Wildman–Crippen MR) is 80.5 cm³/mol. The number of amides is 1. The fourth-order valence-electron chi connectivity index (χ4n) is 1.84. The first kappa shape index (κ1) is 13.7. The van der Waals surface area contributed by atoms with Crippen LogP contribution >= 0.6 is 0 Å². The highest BCUT2D eigenvalue weighted by Gasteiger charge is 2.09. The number of nitrogens with two attached hydrogens (primary N) is 1. The number of carbonyl (C=O) groups excluding carboxylic acids is 1. The monoisotopic (exact) mass is 271 g/mol. The Balaban J connectivity index is 2.35.